The van der Waals surface area contributed by atoms with Gasteiger partial charge in [-0.15, -0.1) is 0 Å². The third-order valence-corrected chi connectivity index (χ3v) is 6.54. The number of hydrogen-bond donors (Lipinski definition) is 1. The summed E-state index contributed by atoms with van der Waals surface area (Å²) >= 11 is 0. The van der Waals surface area contributed by atoms with E-state index in [-0.39, 0.29) is 17.4 Å². The van der Waals surface area contributed by atoms with Gasteiger partial charge in [0, 0.05) is 50.2 Å². The van der Waals surface area contributed by atoms with Gasteiger partial charge in [-0.25, -0.2) is 4.79 Å². The smallest absolute Gasteiger partial charge is 0.317 e. The van der Waals surface area contributed by atoms with E-state index in [1.54, 1.807) is 0 Å². The van der Waals surface area contributed by atoms with E-state index in [0.29, 0.717) is 32.1 Å². The van der Waals surface area contributed by atoms with Crippen LogP contribution in [0.3, 0.4) is 0 Å². The molecular weight excluding hydrogens is 388 g/mol. The molecule has 0 aromatic heterocycles. The number of amides is 3. The Morgan fingerprint density at radius 1 is 0.968 bits per heavy atom. The van der Waals surface area contributed by atoms with Crippen molar-refractivity contribution in [2.75, 3.05) is 53.4 Å². The maximum atomic E-state index is 13.0. The molecule has 31 heavy (non-hydrogen) atoms. The van der Waals surface area contributed by atoms with Crippen molar-refractivity contribution >= 4 is 11.9 Å². The lowest BCUT2D eigenvalue weighted by Crippen LogP contribution is -2.65. The molecule has 4 rings (SSSR count). The van der Waals surface area contributed by atoms with Crippen LogP contribution < -0.4 is 5.32 Å². The SMILES string of the molecule is CN(C)CC1CN(C(=O)c2ccccc2)CC12CN(C(=O)NCCc1ccccc1)C2. The first kappa shape index (κ1) is 21.4. The summed E-state index contributed by atoms with van der Waals surface area (Å²) in [5, 5.41) is 3.05. The van der Waals surface area contributed by atoms with Gasteiger partial charge < -0.3 is 20.0 Å². The number of nitrogens with one attached hydrogen (secondary N) is 1. The van der Waals surface area contributed by atoms with Gasteiger partial charge in [-0.3, -0.25) is 4.79 Å². The van der Waals surface area contributed by atoms with Crippen molar-refractivity contribution in [1.29, 1.82) is 0 Å². The van der Waals surface area contributed by atoms with Gasteiger partial charge in [0.15, 0.2) is 0 Å². The summed E-state index contributed by atoms with van der Waals surface area (Å²) in [4.78, 5) is 31.7. The number of likely N-dealkylation sites (tertiary alicyclic amines) is 2. The van der Waals surface area contributed by atoms with E-state index in [1.807, 2.05) is 58.3 Å². The van der Waals surface area contributed by atoms with Crippen LogP contribution in [0.25, 0.3) is 0 Å². The Morgan fingerprint density at radius 2 is 1.58 bits per heavy atom. The molecular formula is C25H32N4O2. The molecule has 1 atom stereocenters. The van der Waals surface area contributed by atoms with Gasteiger partial charge in [-0.2, -0.15) is 0 Å². The molecule has 2 fully saturated rings. The summed E-state index contributed by atoms with van der Waals surface area (Å²) in [6.45, 7) is 4.43. The number of nitrogens with zero attached hydrogens (tertiary/aromatic N) is 3. The first-order chi connectivity index (χ1) is 15.0. The molecule has 0 bridgehead atoms. The molecule has 2 saturated heterocycles. The lowest BCUT2D eigenvalue weighted by atomic mass is 9.71. The Morgan fingerprint density at radius 3 is 2.23 bits per heavy atom. The van der Waals surface area contributed by atoms with Crippen LogP contribution in [0.5, 0.6) is 0 Å². The van der Waals surface area contributed by atoms with Crippen LogP contribution in [-0.4, -0.2) is 80.0 Å². The maximum absolute atomic E-state index is 13.0. The van der Waals surface area contributed by atoms with E-state index in [4.69, 9.17) is 0 Å². The second-order valence-electron chi connectivity index (χ2n) is 9.20. The fourth-order valence-electron chi connectivity index (χ4n) is 4.93. The standard InChI is InChI=1S/C25H32N4O2/c1-27(2)15-22-16-28(23(30)21-11-7-4-8-12-21)17-25(22)18-29(19-25)24(31)26-14-13-20-9-5-3-6-10-20/h3-12,22H,13-19H2,1-2H3,(H,26,31). The van der Waals surface area contributed by atoms with Crippen LogP contribution in [0.15, 0.2) is 60.7 Å². The van der Waals surface area contributed by atoms with E-state index >= 15 is 0 Å². The first-order valence-electron chi connectivity index (χ1n) is 11.0. The molecule has 2 aromatic rings. The van der Waals surface area contributed by atoms with E-state index in [9.17, 15) is 9.59 Å². The van der Waals surface area contributed by atoms with Gasteiger partial charge in [0.1, 0.15) is 0 Å². The van der Waals surface area contributed by atoms with Crippen LogP contribution >= 0.6 is 0 Å². The van der Waals surface area contributed by atoms with Crippen molar-refractivity contribution in [1.82, 2.24) is 20.0 Å². The lowest BCUT2D eigenvalue weighted by molar-refractivity contribution is 0.00137. The van der Waals surface area contributed by atoms with Crippen molar-refractivity contribution in [3.8, 4) is 0 Å². The largest absolute Gasteiger partial charge is 0.338 e. The highest BCUT2D eigenvalue weighted by molar-refractivity contribution is 5.94. The summed E-state index contributed by atoms with van der Waals surface area (Å²) in [7, 11) is 4.14. The first-order valence-corrected chi connectivity index (χ1v) is 11.0. The Balaban J connectivity index is 1.34. The van der Waals surface area contributed by atoms with Crippen LogP contribution in [0.1, 0.15) is 15.9 Å². The average molecular weight is 421 g/mol. The third-order valence-electron chi connectivity index (χ3n) is 6.54. The van der Waals surface area contributed by atoms with E-state index < -0.39 is 0 Å². The van der Waals surface area contributed by atoms with E-state index in [1.165, 1.54) is 5.56 Å². The molecule has 1 N–H and O–H groups in total. The minimum Gasteiger partial charge on any atom is -0.338 e. The highest BCUT2D eigenvalue weighted by atomic mass is 16.2. The zero-order valence-electron chi connectivity index (χ0n) is 18.5. The van der Waals surface area contributed by atoms with Gasteiger partial charge in [-0.1, -0.05) is 48.5 Å². The topological polar surface area (TPSA) is 55.9 Å². The Kier molecular flexibility index (Phi) is 6.28. The number of rotatable bonds is 6. The zero-order chi connectivity index (χ0) is 21.8. The molecule has 3 amide bonds. The molecule has 2 aromatic carbocycles. The van der Waals surface area contributed by atoms with Crippen LogP contribution in [0.2, 0.25) is 0 Å². The van der Waals surface area contributed by atoms with Crippen molar-refractivity contribution in [3.05, 3.63) is 71.8 Å². The molecule has 2 heterocycles. The van der Waals surface area contributed by atoms with Crippen molar-refractivity contribution in [2.24, 2.45) is 11.3 Å². The van der Waals surface area contributed by atoms with Crippen LogP contribution in [0, 0.1) is 11.3 Å². The highest BCUT2D eigenvalue weighted by Crippen LogP contribution is 2.44. The van der Waals surface area contributed by atoms with E-state index in [2.05, 4.69) is 36.4 Å². The fourth-order valence-corrected chi connectivity index (χ4v) is 4.93. The van der Waals surface area contributed by atoms with Crippen molar-refractivity contribution in [2.45, 2.75) is 6.42 Å². The highest BCUT2D eigenvalue weighted by Gasteiger charge is 2.56. The van der Waals surface area contributed by atoms with Crippen molar-refractivity contribution in [3.63, 3.8) is 0 Å². The summed E-state index contributed by atoms with van der Waals surface area (Å²) in [5.74, 6) is 0.454. The molecule has 2 aliphatic rings. The summed E-state index contributed by atoms with van der Waals surface area (Å²) in [6.07, 6.45) is 0.828. The summed E-state index contributed by atoms with van der Waals surface area (Å²) in [5.41, 5.74) is 1.95. The minimum atomic E-state index is -0.00845. The van der Waals surface area contributed by atoms with Gasteiger partial charge in [0.05, 0.1) is 0 Å². The number of carbonyl (C=O) groups excluding carboxylic acids is 2. The zero-order valence-corrected chi connectivity index (χ0v) is 18.5. The fraction of sp³-hybridized carbons (Fsp3) is 0.440. The predicted octanol–water partition coefficient (Wildman–Crippen LogP) is 2.57. The normalized spacial score (nSPS) is 19.5. The number of benzene rings is 2. The molecule has 2 aliphatic heterocycles. The molecule has 164 valence electrons. The average Bonchev–Trinajstić information content (AvgIpc) is 3.12. The Labute approximate surface area is 184 Å². The molecule has 0 radical (unpaired) electrons. The van der Waals surface area contributed by atoms with Gasteiger partial charge >= 0.3 is 6.03 Å². The van der Waals surface area contributed by atoms with Gasteiger partial charge in [0.2, 0.25) is 0 Å². The summed E-state index contributed by atoms with van der Waals surface area (Å²) < 4.78 is 0. The summed E-state index contributed by atoms with van der Waals surface area (Å²) in [6, 6.07) is 19.7. The number of urea groups is 1. The molecule has 1 unspecified atom stereocenters. The Bertz CT molecular complexity index is 894. The maximum Gasteiger partial charge on any atom is 0.317 e. The Hall–Kier alpha value is -2.86. The quantitative estimate of drug-likeness (QED) is 0.782. The molecule has 0 aliphatic carbocycles. The predicted molar refractivity (Wildman–Crippen MR) is 122 cm³/mol. The minimum absolute atomic E-state index is 0.00186. The van der Waals surface area contributed by atoms with E-state index in [0.717, 1.165) is 25.1 Å². The van der Waals surface area contributed by atoms with Gasteiger partial charge in [0.25, 0.3) is 5.91 Å². The van der Waals surface area contributed by atoms with Crippen LogP contribution in [-0.2, 0) is 6.42 Å². The lowest BCUT2D eigenvalue weighted by Gasteiger charge is -2.51. The van der Waals surface area contributed by atoms with Gasteiger partial charge in [-0.05, 0) is 44.1 Å². The molecule has 0 saturated carbocycles. The second-order valence-corrected chi connectivity index (χ2v) is 9.20. The van der Waals surface area contributed by atoms with Crippen LogP contribution in [0.4, 0.5) is 4.79 Å². The monoisotopic (exact) mass is 420 g/mol. The molecule has 1 spiro atoms. The molecule has 6 nitrogen and oxygen atoms in total. The van der Waals surface area contributed by atoms with Crippen molar-refractivity contribution < 1.29 is 9.59 Å². The number of carbonyl (C=O) groups is 2. The third kappa shape index (κ3) is 4.74. The second kappa shape index (κ2) is 9.10. The molecule has 6 heteroatoms. The number of hydrogen-bond acceptors (Lipinski definition) is 3.